The number of carboxylic acid groups (broad SMARTS) is 1. The fourth-order valence-corrected chi connectivity index (χ4v) is 15.9. The molecule has 4 saturated carbocycles. The van der Waals surface area contributed by atoms with Crippen LogP contribution in [0.3, 0.4) is 0 Å². The topological polar surface area (TPSA) is 313 Å². The highest BCUT2D eigenvalue weighted by Crippen LogP contribution is 2.76. The van der Waals surface area contributed by atoms with Crippen molar-refractivity contribution in [3.8, 4) is 0 Å². The average Bonchev–Trinajstić information content (AvgIpc) is 3.32. The third-order valence-electron chi connectivity index (χ3n) is 20.8. The highest BCUT2D eigenvalue weighted by molar-refractivity contribution is 5.76. The summed E-state index contributed by atoms with van der Waals surface area (Å²) in [5.41, 5.74) is -0.812. The second kappa shape index (κ2) is 19.7. The lowest BCUT2D eigenvalue weighted by atomic mass is 9.33. The minimum atomic E-state index is -1.80. The van der Waals surface area contributed by atoms with E-state index >= 15 is 0 Å². The van der Waals surface area contributed by atoms with Crippen LogP contribution in [0.25, 0.3) is 0 Å². The third kappa shape index (κ3) is 8.78. The van der Waals surface area contributed by atoms with Crippen LogP contribution in [0.2, 0.25) is 0 Å². The standard InChI is InChI=1S/C52H84O20/c1-23-32(56)36(60)40(72-45-41(37(61)33(57)24(2)68-45)71-43-39(35(59)28(55)21-66-43)70-42-38(62)34(58)27(54)20-65-42)44(67-23)69-31-12-13-48(5)29(49(31,6)22-53)11-14-51(8)30(48)10-9-25-26-19-47(3,4)15-17-52(26,46(63)64)18-16-50(25,51)7/h9,23-24,26-45,53-62H,10-22H2,1-8H3,(H,63,64). The maximum Gasteiger partial charge on any atom is 0.310 e. The number of carbonyl (C=O) groups is 1. The van der Waals surface area contributed by atoms with Gasteiger partial charge in [0.25, 0.3) is 0 Å². The van der Waals surface area contributed by atoms with Crippen LogP contribution in [0.15, 0.2) is 11.6 Å². The number of aliphatic carboxylic acids is 1. The first-order valence-corrected chi connectivity index (χ1v) is 26.5. The van der Waals surface area contributed by atoms with E-state index in [0.717, 1.165) is 44.9 Å². The number of carboxylic acids is 1. The van der Waals surface area contributed by atoms with Crippen LogP contribution < -0.4 is 0 Å². The van der Waals surface area contributed by atoms with Crippen molar-refractivity contribution in [2.24, 2.45) is 50.2 Å². The second-order valence-electron chi connectivity index (χ2n) is 25.2. The minimum Gasteiger partial charge on any atom is -0.481 e. The molecule has 20 heteroatoms. The lowest BCUT2D eigenvalue weighted by molar-refractivity contribution is -0.399. The molecule has 0 aromatic heterocycles. The molecule has 412 valence electrons. The van der Waals surface area contributed by atoms with Crippen molar-refractivity contribution >= 4 is 5.97 Å². The van der Waals surface area contributed by atoms with Gasteiger partial charge in [-0.2, -0.15) is 0 Å². The summed E-state index contributed by atoms with van der Waals surface area (Å²) in [7, 11) is 0. The normalized spacial score (nSPS) is 55.6. The van der Waals surface area contributed by atoms with Crippen molar-refractivity contribution in [3.63, 3.8) is 0 Å². The fourth-order valence-electron chi connectivity index (χ4n) is 15.9. The van der Waals surface area contributed by atoms with Gasteiger partial charge in [0.05, 0.1) is 43.5 Å². The first-order chi connectivity index (χ1) is 33.7. The van der Waals surface area contributed by atoms with Gasteiger partial charge in [0.1, 0.15) is 73.2 Å². The van der Waals surface area contributed by atoms with E-state index in [0.29, 0.717) is 19.3 Å². The number of allylic oxidation sites excluding steroid dienone is 2. The molecule has 72 heavy (non-hydrogen) atoms. The molecular weight excluding hydrogens is 945 g/mol. The number of aliphatic hydroxyl groups is 10. The molecule has 9 rings (SSSR count). The van der Waals surface area contributed by atoms with Crippen LogP contribution in [0.1, 0.15) is 120 Å². The Bertz CT molecular complexity index is 1990. The number of hydrogen-bond acceptors (Lipinski definition) is 19. The Morgan fingerprint density at radius 2 is 1.15 bits per heavy atom. The maximum atomic E-state index is 13.2. The van der Waals surface area contributed by atoms with Crippen molar-refractivity contribution in [3.05, 3.63) is 11.6 Å². The lowest BCUT2D eigenvalue weighted by Crippen LogP contribution is -2.67. The van der Waals surface area contributed by atoms with E-state index in [2.05, 4.69) is 40.7 Å². The van der Waals surface area contributed by atoms with Crippen molar-refractivity contribution < 1.29 is 98.9 Å². The van der Waals surface area contributed by atoms with Crippen LogP contribution >= 0.6 is 0 Å². The summed E-state index contributed by atoms with van der Waals surface area (Å²) in [5, 5.41) is 121. The van der Waals surface area contributed by atoms with E-state index in [1.165, 1.54) is 12.5 Å². The van der Waals surface area contributed by atoms with Crippen LogP contribution in [-0.4, -0.2) is 199 Å². The molecule has 8 fully saturated rings. The maximum absolute atomic E-state index is 13.2. The van der Waals surface area contributed by atoms with Gasteiger partial charge >= 0.3 is 5.97 Å². The largest absolute Gasteiger partial charge is 0.481 e. The van der Waals surface area contributed by atoms with Gasteiger partial charge in [-0.15, -0.1) is 0 Å². The molecule has 4 heterocycles. The molecular formula is C52H84O20. The summed E-state index contributed by atoms with van der Waals surface area (Å²) in [6, 6.07) is 0. The monoisotopic (exact) mass is 1030 g/mol. The minimum absolute atomic E-state index is 0.0239. The smallest absolute Gasteiger partial charge is 0.310 e. The summed E-state index contributed by atoms with van der Waals surface area (Å²) < 4.78 is 48.9. The predicted molar refractivity (Wildman–Crippen MR) is 250 cm³/mol. The molecule has 0 radical (unpaired) electrons. The Morgan fingerprint density at radius 3 is 1.76 bits per heavy atom. The molecule has 0 aromatic rings. The quantitative estimate of drug-likeness (QED) is 0.107. The molecule has 20 nitrogen and oxygen atoms in total. The summed E-state index contributed by atoms with van der Waals surface area (Å²) >= 11 is 0. The Morgan fingerprint density at radius 1 is 0.611 bits per heavy atom. The Hall–Kier alpha value is -1.51. The van der Waals surface area contributed by atoms with Gasteiger partial charge in [-0.05, 0) is 117 Å². The van der Waals surface area contributed by atoms with Gasteiger partial charge < -0.3 is 94.1 Å². The zero-order valence-corrected chi connectivity index (χ0v) is 43.1. The Kier molecular flexibility index (Phi) is 15.2. The van der Waals surface area contributed by atoms with Crippen LogP contribution in [-0.2, 0) is 42.7 Å². The summed E-state index contributed by atoms with van der Waals surface area (Å²) in [5.74, 6) is -0.495. The number of ether oxygens (including phenoxy) is 8. The van der Waals surface area contributed by atoms with E-state index < -0.39 is 147 Å². The molecule has 27 atom stereocenters. The SMILES string of the molecule is CC1OC(OC2C(OC3CCC4(C)C(CCC5(C)C4CC=C4C6CC(C)(C)CCC6(C(=O)O)CCC45C)C3(C)CO)OC(C)C(O)C2O)C(OC2OCC(O)C(O)C2OC2OCC(O)C(O)C2O)C(O)C1O. The summed E-state index contributed by atoms with van der Waals surface area (Å²) in [6.07, 6.45) is -18.5. The van der Waals surface area contributed by atoms with Crippen molar-refractivity contribution in [2.75, 3.05) is 19.8 Å². The molecule has 27 unspecified atom stereocenters. The summed E-state index contributed by atoms with van der Waals surface area (Å²) in [4.78, 5) is 13.2. The number of aliphatic hydroxyl groups excluding tert-OH is 10. The molecule has 4 saturated heterocycles. The van der Waals surface area contributed by atoms with E-state index in [9.17, 15) is 61.0 Å². The highest BCUT2D eigenvalue weighted by Gasteiger charge is 2.70. The highest BCUT2D eigenvalue weighted by atomic mass is 16.8. The fraction of sp³-hybridized carbons (Fsp3) is 0.942. The van der Waals surface area contributed by atoms with Crippen molar-refractivity contribution in [1.82, 2.24) is 0 Å². The summed E-state index contributed by atoms with van der Waals surface area (Å²) in [6.45, 7) is 15.7. The first kappa shape index (κ1) is 55.3. The second-order valence-corrected chi connectivity index (χ2v) is 25.2. The van der Waals surface area contributed by atoms with E-state index in [4.69, 9.17) is 37.9 Å². The first-order valence-electron chi connectivity index (χ1n) is 26.5. The van der Waals surface area contributed by atoms with Gasteiger partial charge in [0.15, 0.2) is 25.2 Å². The van der Waals surface area contributed by atoms with Crippen LogP contribution in [0.4, 0.5) is 0 Å². The Balaban J connectivity index is 0.961. The lowest BCUT2D eigenvalue weighted by Gasteiger charge is -2.71. The average molecular weight is 1030 g/mol. The van der Waals surface area contributed by atoms with Crippen LogP contribution in [0, 0.1) is 50.2 Å². The van der Waals surface area contributed by atoms with Crippen LogP contribution in [0.5, 0.6) is 0 Å². The van der Waals surface area contributed by atoms with Crippen molar-refractivity contribution in [2.45, 2.75) is 236 Å². The number of fused-ring (bicyclic) bond motifs is 7. The van der Waals surface area contributed by atoms with Gasteiger partial charge in [-0.25, -0.2) is 0 Å². The number of rotatable bonds is 10. The van der Waals surface area contributed by atoms with E-state index in [-0.39, 0.29) is 46.0 Å². The molecule has 4 aliphatic heterocycles. The van der Waals surface area contributed by atoms with Gasteiger partial charge in [0.2, 0.25) is 0 Å². The van der Waals surface area contributed by atoms with E-state index in [1.54, 1.807) is 6.92 Å². The van der Waals surface area contributed by atoms with Gasteiger partial charge in [-0.3, -0.25) is 4.79 Å². The zero-order valence-electron chi connectivity index (χ0n) is 43.1. The number of hydrogen-bond donors (Lipinski definition) is 11. The molecule has 0 amide bonds. The zero-order chi connectivity index (χ0) is 52.4. The Labute approximate surface area is 421 Å². The molecule has 0 spiro atoms. The van der Waals surface area contributed by atoms with Gasteiger partial charge in [0, 0.05) is 5.41 Å². The molecule has 0 bridgehead atoms. The molecule has 0 aromatic carbocycles. The van der Waals surface area contributed by atoms with E-state index in [1.807, 2.05) is 6.92 Å². The van der Waals surface area contributed by atoms with Gasteiger partial charge in [-0.1, -0.05) is 53.2 Å². The molecule has 9 aliphatic rings. The third-order valence-corrected chi connectivity index (χ3v) is 20.8. The molecule has 11 N–H and O–H groups in total. The predicted octanol–water partition coefficient (Wildman–Crippen LogP) is 0.836. The molecule has 5 aliphatic carbocycles. The van der Waals surface area contributed by atoms with Crippen molar-refractivity contribution in [1.29, 1.82) is 0 Å².